The molecular formula is C10H17N5. The summed E-state index contributed by atoms with van der Waals surface area (Å²) in [4.78, 5) is 4.24. The Hall–Kier alpha value is -1.26. The van der Waals surface area contributed by atoms with E-state index >= 15 is 0 Å². The highest BCUT2D eigenvalue weighted by Gasteiger charge is 2.31. The first-order chi connectivity index (χ1) is 7.24. The van der Waals surface area contributed by atoms with Crippen molar-refractivity contribution in [3.05, 3.63) is 0 Å². The van der Waals surface area contributed by atoms with Crippen molar-refractivity contribution in [2.45, 2.75) is 44.7 Å². The number of hydrogen-bond acceptors (Lipinski definition) is 4. The van der Waals surface area contributed by atoms with Gasteiger partial charge in [0.25, 0.3) is 0 Å². The predicted octanol–water partition coefficient (Wildman–Crippen LogP) is 1.41. The molecule has 15 heavy (non-hydrogen) atoms. The molecule has 2 saturated carbocycles. The molecule has 1 unspecified atom stereocenters. The topological polar surface area (TPSA) is 68.8 Å². The third kappa shape index (κ3) is 1.78. The molecule has 3 rings (SSSR count). The summed E-state index contributed by atoms with van der Waals surface area (Å²) < 4.78 is 1.86. The lowest BCUT2D eigenvalue weighted by molar-refractivity contribution is 0.446. The van der Waals surface area contributed by atoms with E-state index in [4.69, 9.17) is 5.73 Å². The van der Waals surface area contributed by atoms with Crippen LogP contribution in [0.3, 0.4) is 0 Å². The summed E-state index contributed by atoms with van der Waals surface area (Å²) in [5, 5.41) is 7.69. The SMILES string of the molecule is CC(C1CC1)n1nc(NC2CC2)nc1N. The van der Waals surface area contributed by atoms with Crippen molar-refractivity contribution in [3.8, 4) is 0 Å². The summed E-state index contributed by atoms with van der Waals surface area (Å²) in [6, 6.07) is 0.976. The van der Waals surface area contributed by atoms with E-state index < -0.39 is 0 Å². The zero-order valence-electron chi connectivity index (χ0n) is 8.98. The second-order valence-corrected chi connectivity index (χ2v) is 4.73. The average molecular weight is 207 g/mol. The standard InChI is InChI=1S/C10H17N5/c1-6(7-2-3-7)15-9(11)13-10(14-15)12-8-4-5-8/h6-8H,2-5H2,1H3,(H3,11,12,13,14). The molecule has 1 heterocycles. The lowest BCUT2D eigenvalue weighted by Gasteiger charge is -2.10. The molecule has 2 aliphatic carbocycles. The molecule has 0 aliphatic heterocycles. The fourth-order valence-electron chi connectivity index (χ4n) is 1.88. The van der Waals surface area contributed by atoms with E-state index in [0.717, 1.165) is 5.92 Å². The number of nitrogens with zero attached hydrogens (tertiary/aromatic N) is 3. The van der Waals surface area contributed by atoms with Gasteiger partial charge in [-0.15, -0.1) is 5.10 Å². The molecule has 0 spiro atoms. The molecule has 82 valence electrons. The summed E-state index contributed by atoms with van der Waals surface area (Å²) in [6.07, 6.45) is 5.05. The smallest absolute Gasteiger partial charge is 0.244 e. The first-order valence-electron chi connectivity index (χ1n) is 5.72. The van der Waals surface area contributed by atoms with Crippen LogP contribution < -0.4 is 11.1 Å². The van der Waals surface area contributed by atoms with Gasteiger partial charge in [-0.1, -0.05) is 0 Å². The minimum Gasteiger partial charge on any atom is -0.368 e. The molecule has 1 aromatic rings. The zero-order valence-corrected chi connectivity index (χ0v) is 8.98. The highest BCUT2D eigenvalue weighted by atomic mass is 15.4. The van der Waals surface area contributed by atoms with E-state index in [1.54, 1.807) is 0 Å². The first-order valence-corrected chi connectivity index (χ1v) is 5.72. The third-order valence-electron chi connectivity index (χ3n) is 3.26. The molecule has 2 fully saturated rings. The Kier molecular flexibility index (Phi) is 1.87. The number of anilines is 2. The van der Waals surface area contributed by atoms with Gasteiger partial charge in [0.1, 0.15) is 0 Å². The van der Waals surface area contributed by atoms with Gasteiger partial charge in [0.2, 0.25) is 11.9 Å². The largest absolute Gasteiger partial charge is 0.368 e. The highest BCUT2D eigenvalue weighted by Crippen LogP contribution is 2.40. The Labute approximate surface area is 89.1 Å². The maximum Gasteiger partial charge on any atom is 0.244 e. The Morgan fingerprint density at radius 2 is 2.13 bits per heavy atom. The van der Waals surface area contributed by atoms with Crippen molar-refractivity contribution in [2.75, 3.05) is 11.1 Å². The summed E-state index contributed by atoms with van der Waals surface area (Å²) in [5.74, 6) is 1.99. The number of nitrogen functional groups attached to an aromatic ring is 1. The van der Waals surface area contributed by atoms with Crippen LogP contribution in [0.15, 0.2) is 0 Å². The van der Waals surface area contributed by atoms with Crippen molar-refractivity contribution >= 4 is 11.9 Å². The van der Waals surface area contributed by atoms with E-state index in [1.165, 1.54) is 25.7 Å². The van der Waals surface area contributed by atoms with Crippen LogP contribution in [0.25, 0.3) is 0 Å². The molecule has 3 N–H and O–H groups in total. The van der Waals surface area contributed by atoms with Gasteiger partial charge in [-0.25, -0.2) is 4.68 Å². The summed E-state index contributed by atoms with van der Waals surface area (Å²) in [7, 11) is 0. The molecule has 1 atom stereocenters. The molecule has 0 bridgehead atoms. The summed E-state index contributed by atoms with van der Waals surface area (Å²) in [6.45, 7) is 2.17. The monoisotopic (exact) mass is 207 g/mol. The lowest BCUT2D eigenvalue weighted by Crippen LogP contribution is -2.12. The molecule has 0 aromatic carbocycles. The molecule has 0 radical (unpaired) electrons. The summed E-state index contributed by atoms with van der Waals surface area (Å²) in [5.41, 5.74) is 5.85. The van der Waals surface area contributed by atoms with Crippen LogP contribution in [0, 0.1) is 5.92 Å². The van der Waals surface area contributed by atoms with Crippen LogP contribution in [0.4, 0.5) is 11.9 Å². The minimum absolute atomic E-state index is 0.396. The van der Waals surface area contributed by atoms with Gasteiger partial charge >= 0.3 is 0 Å². The normalized spacial score (nSPS) is 22.7. The molecular weight excluding hydrogens is 190 g/mol. The van der Waals surface area contributed by atoms with Crippen molar-refractivity contribution in [2.24, 2.45) is 5.92 Å². The minimum atomic E-state index is 0.396. The quantitative estimate of drug-likeness (QED) is 0.783. The van der Waals surface area contributed by atoms with Crippen LogP contribution >= 0.6 is 0 Å². The van der Waals surface area contributed by atoms with Crippen molar-refractivity contribution < 1.29 is 0 Å². The van der Waals surface area contributed by atoms with Gasteiger partial charge in [0.05, 0.1) is 6.04 Å². The Balaban J connectivity index is 1.77. The molecule has 2 aliphatic rings. The Morgan fingerprint density at radius 1 is 1.40 bits per heavy atom. The third-order valence-corrected chi connectivity index (χ3v) is 3.26. The van der Waals surface area contributed by atoms with Gasteiger partial charge < -0.3 is 11.1 Å². The Bertz CT molecular complexity index is 364. The number of nitrogens with two attached hydrogens (primary N) is 1. The first kappa shape index (κ1) is 9.00. The number of hydrogen-bond donors (Lipinski definition) is 2. The maximum absolute atomic E-state index is 5.85. The van der Waals surface area contributed by atoms with Gasteiger partial charge in [-0.05, 0) is 38.5 Å². The van der Waals surface area contributed by atoms with Crippen LogP contribution in [0.2, 0.25) is 0 Å². The number of nitrogens with one attached hydrogen (secondary N) is 1. The fraction of sp³-hybridized carbons (Fsp3) is 0.800. The van der Waals surface area contributed by atoms with E-state index in [1.807, 2.05) is 4.68 Å². The van der Waals surface area contributed by atoms with Crippen molar-refractivity contribution in [3.63, 3.8) is 0 Å². The van der Waals surface area contributed by atoms with Crippen LogP contribution in [-0.2, 0) is 0 Å². The van der Waals surface area contributed by atoms with E-state index in [0.29, 0.717) is 24.0 Å². The second kappa shape index (κ2) is 3.12. The lowest BCUT2D eigenvalue weighted by atomic mass is 10.2. The fourth-order valence-corrected chi connectivity index (χ4v) is 1.88. The number of rotatable bonds is 4. The Morgan fingerprint density at radius 3 is 2.73 bits per heavy atom. The number of aromatic nitrogens is 3. The zero-order chi connectivity index (χ0) is 10.4. The van der Waals surface area contributed by atoms with Gasteiger partial charge in [0, 0.05) is 6.04 Å². The van der Waals surface area contributed by atoms with Gasteiger partial charge in [-0.2, -0.15) is 4.98 Å². The molecule has 5 heteroatoms. The van der Waals surface area contributed by atoms with E-state index in [9.17, 15) is 0 Å². The molecule has 0 saturated heterocycles. The molecule has 5 nitrogen and oxygen atoms in total. The van der Waals surface area contributed by atoms with Crippen LogP contribution in [-0.4, -0.2) is 20.8 Å². The van der Waals surface area contributed by atoms with Crippen LogP contribution in [0.1, 0.15) is 38.6 Å². The molecule has 0 amide bonds. The summed E-state index contributed by atoms with van der Waals surface area (Å²) >= 11 is 0. The van der Waals surface area contributed by atoms with E-state index in [2.05, 4.69) is 22.3 Å². The predicted molar refractivity (Wildman–Crippen MR) is 58.5 cm³/mol. The maximum atomic E-state index is 5.85. The highest BCUT2D eigenvalue weighted by molar-refractivity contribution is 5.34. The van der Waals surface area contributed by atoms with Gasteiger partial charge in [0.15, 0.2) is 0 Å². The second-order valence-electron chi connectivity index (χ2n) is 4.73. The van der Waals surface area contributed by atoms with E-state index in [-0.39, 0.29) is 0 Å². The van der Waals surface area contributed by atoms with Crippen molar-refractivity contribution in [1.82, 2.24) is 14.8 Å². The molecule has 1 aromatic heterocycles. The van der Waals surface area contributed by atoms with Gasteiger partial charge in [-0.3, -0.25) is 0 Å². The van der Waals surface area contributed by atoms with Crippen molar-refractivity contribution in [1.29, 1.82) is 0 Å². The van der Waals surface area contributed by atoms with Crippen LogP contribution in [0.5, 0.6) is 0 Å². The average Bonchev–Trinajstić information content (AvgIpc) is 3.05.